The minimum Gasteiger partial charge on any atom is -0.506 e. The molecule has 10 heteroatoms. The lowest BCUT2D eigenvalue weighted by Gasteiger charge is -2.26. The van der Waals surface area contributed by atoms with Gasteiger partial charge in [0, 0.05) is 25.0 Å². The van der Waals surface area contributed by atoms with Crippen molar-refractivity contribution in [3.63, 3.8) is 0 Å². The molecule has 4 aromatic rings. The summed E-state index contributed by atoms with van der Waals surface area (Å²) in [5.41, 5.74) is 1.32. The Kier molecular flexibility index (Phi) is 6.18. The molecule has 35 heavy (non-hydrogen) atoms. The lowest BCUT2D eigenvalue weighted by atomic mass is 10.1. The third-order valence-electron chi connectivity index (χ3n) is 6.18. The molecule has 1 aliphatic rings. The van der Waals surface area contributed by atoms with E-state index < -0.39 is 16.0 Å². The minimum absolute atomic E-state index is 0.0711. The number of ether oxygens (including phenoxy) is 2. The normalized spacial score (nSPS) is 15.0. The van der Waals surface area contributed by atoms with Crippen molar-refractivity contribution in [2.75, 3.05) is 26.3 Å². The Morgan fingerprint density at radius 3 is 2.66 bits per heavy atom. The molecule has 1 fully saturated rings. The lowest BCUT2D eigenvalue weighted by Crippen LogP contribution is -2.40. The number of imidazole rings is 1. The van der Waals surface area contributed by atoms with Crippen LogP contribution in [0.5, 0.6) is 5.75 Å². The average molecular weight is 496 g/mol. The first kappa shape index (κ1) is 23.3. The van der Waals surface area contributed by atoms with Crippen molar-refractivity contribution in [1.29, 1.82) is 0 Å². The number of aryl methyl sites for hydroxylation is 1. The fourth-order valence-corrected chi connectivity index (χ4v) is 5.78. The molecule has 9 nitrogen and oxygen atoms in total. The van der Waals surface area contributed by atoms with Gasteiger partial charge in [0.15, 0.2) is 0 Å². The molecule has 2 heterocycles. The van der Waals surface area contributed by atoms with E-state index >= 15 is 0 Å². The molecule has 182 valence electrons. The second kappa shape index (κ2) is 9.29. The van der Waals surface area contributed by atoms with Crippen LogP contribution in [-0.4, -0.2) is 59.7 Å². The number of nitrogens with zero attached hydrogens (tertiary/aromatic N) is 3. The van der Waals surface area contributed by atoms with Crippen LogP contribution in [0.1, 0.15) is 23.1 Å². The van der Waals surface area contributed by atoms with Gasteiger partial charge < -0.3 is 19.1 Å². The van der Waals surface area contributed by atoms with Crippen LogP contribution in [0.3, 0.4) is 0 Å². The number of esters is 1. The van der Waals surface area contributed by atoms with Crippen LogP contribution in [0.2, 0.25) is 0 Å². The highest BCUT2D eigenvalue weighted by atomic mass is 32.2. The second-order valence-corrected chi connectivity index (χ2v) is 10.1. The van der Waals surface area contributed by atoms with Crippen LogP contribution in [-0.2, 0) is 32.6 Å². The van der Waals surface area contributed by atoms with Gasteiger partial charge >= 0.3 is 5.97 Å². The molecule has 0 amide bonds. The van der Waals surface area contributed by atoms with Gasteiger partial charge in [-0.05, 0) is 36.6 Å². The second-order valence-electron chi connectivity index (χ2n) is 8.20. The smallest absolute Gasteiger partial charge is 0.342 e. The molecular formula is C25H25N3O6S. The third kappa shape index (κ3) is 4.24. The van der Waals surface area contributed by atoms with Crippen LogP contribution >= 0.6 is 0 Å². The summed E-state index contributed by atoms with van der Waals surface area (Å²) in [5.74, 6) is -0.314. The van der Waals surface area contributed by atoms with Crippen molar-refractivity contribution >= 4 is 37.8 Å². The van der Waals surface area contributed by atoms with E-state index in [2.05, 4.69) is 4.98 Å². The van der Waals surface area contributed by atoms with E-state index in [-0.39, 0.29) is 22.8 Å². The Bertz CT molecular complexity index is 1520. The molecule has 0 atom stereocenters. The van der Waals surface area contributed by atoms with Gasteiger partial charge in [-0.15, -0.1) is 0 Å². The van der Waals surface area contributed by atoms with Crippen molar-refractivity contribution in [3.8, 4) is 5.75 Å². The van der Waals surface area contributed by atoms with Gasteiger partial charge in [0.1, 0.15) is 23.7 Å². The Balaban J connectivity index is 1.40. The molecule has 0 unspecified atom stereocenters. The molecule has 1 saturated heterocycles. The molecular weight excluding hydrogens is 470 g/mol. The van der Waals surface area contributed by atoms with E-state index in [9.17, 15) is 18.3 Å². The van der Waals surface area contributed by atoms with Crippen LogP contribution < -0.4 is 0 Å². The number of morpholine rings is 1. The highest BCUT2D eigenvalue weighted by Crippen LogP contribution is 2.29. The molecule has 0 saturated carbocycles. The number of carbonyl (C=O) groups excluding carboxylic acids is 1. The minimum atomic E-state index is -3.66. The maximum absolute atomic E-state index is 13.0. The third-order valence-corrected chi connectivity index (χ3v) is 8.07. The maximum Gasteiger partial charge on any atom is 0.342 e. The number of rotatable bonds is 6. The van der Waals surface area contributed by atoms with Crippen molar-refractivity contribution in [2.24, 2.45) is 0 Å². The number of hydrogen-bond donors (Lipinski definition) is 1. The van der Waals surface area contributed by atoms with Crippen molar-refractivity contribution < 1.29 is 27.8 Å². The van der Waals surface area contributed by atoms with Gasteiger partial charge in [0.2, 0.25) is 10.0 Å². The largest absolute Gasteiger partial charge is 0.506 e. The van der Waals surface area contributed by atoms with Gasteiger partial charge in [0.25, 0.3) is 0 Å². The van der Waals surface area contributed by atoms with Crippen molar-refractivity contribution in [3.05, 3.63) is 66.0 Å². The van der Waals surface area contributed by atoms with Crippen LogP contribution in [0, 0.1) is 0 Å². The first-order chi connectivity index (χ1) is 16.9. The van der Waals surface area contributed by atoms with Gasteiger partial charge in [-0.25, -0.2) is 18.2 Å². The number of aromatic hydroxyl groups is 1. The van der Waals surface area contributed by atoms with E-state index in [4.69, 9.17) is 9.47 Å². The molecule has 0 radical (unpaired) electrons. The number of carbonyl (C=O) groups is 1. The number of hydrogen-bond acceptors (Lipinski definition) is 7. The number of phenols is 1. The highest BCUT2D eigenvalue weighted by Gasteiger charge is 2.27. The Hall–Kier alpha value is -3.47. The van der Waals surface area contributed by atoms with Crippen LogP contribution in [0.25, 0.3) is 21.8 Å². The summed E-state index contributed by atoms with van der Waals surface area (Å²) in [6.07, 6.45) is 0. The quantitative estimate of drug-likeness (QED) is 0.409. The zero-order valence-corrected chi connectivity index (χ0v) is 20.0. The molecule has 0 bridgehead atoms. The summed E-state index contributed by atoms with van der Waals surface area (Å²) >= 11 is 0. The van der Waals surface area contributed by atoms with E-state index in [1.807, 2.05) is 23.6 Å². The van der Waals surface area contributed by atoms with Crippen LogP contribution in [0.4, 0.5) is 0 Å². The van der Waals surface area contributed by atoms with Crippen LogP contribution in [0.15, 0.2) is 59.5 Å². The first-order valence-electron chi connectivity index (χ1n) is 11.3. The summed E-state index contributed by atoms with van der Waals surface area (Å²) in [6, 6.07) is 15.4. The summed E-state index contributed by atoms with van der Waals surface area (Å²) < 4.78 is 40.1. The average Bonchev–Trinajstić information content (AvgIpc) is 3.25. The first-order valence-corrected chi connectivity index (χ1v) is 12.8. The molecule has 1 aliphatic heterocycles. The number of fused-ring (bicyclic) bond motifs is 2. The summed E-state index contributed by atoms with van der Waals surface area (Å²) in [7, 11) is -3.66. The zero-order valence-electron chi connectivity index (χ0n) is 19.2. The number of phenolic OH excluding ortho intramolecular Hbond substituents is 1. The molecule has 0 spiro atoms. The van der Waals surface area contributed by atoms with Crippen molar-refractivity contribution in [1.82, 2.24) is 13.9 Å². The molecule has 1 N–H and O–H groups in total. The standard InChI is InChI=1S/C25H25N3O6S/c1-2-28-22-10-8-18(35(31,32)27-11-13-33-14-12-27)15-21(22)26-23(28)16-34-25(30)20-9-7-17-5-3-4-6-19(17)24(20)29/h3-10,15,29H,2,11-14,16H2,1H3. The topological polar surface area (TPSA) is 111 Å². The van der Waals surface area contributed by atoms with E-state index in [0.29, 0.717) is 49.6 Å². The Morgan fingerprint density at radius 1 is 1.11 bits per heavy atom. The van der Waals surface area contributed by atoms with E-state index in [1.54, 1.807) is 36.4 Å². The predicted octanol–water partition coefficient (Wildman–Crippen LogP) is 3.29. The number of benzene rings is 3. The predicted molar refractivity (Wildman–Crippen MR) is 130 cm³/mol. The number of sulfonamides is 1. The Labute approximate surface area is 202 Å². The fraction of sp³-hybridized carbons (Fsp3) is 0.280. The van der Waals surface area contributed by atoms with E-state index in [0.717, 1.165) is 10.9 Å². The fourth-order valence-electron chi connectivity index (χ4n) is 4.35. The SMILES string of the molecule is CCn1c(COC(=O)c2ccc3ccccc3c2O)nc2cc(S(=O)(=O)N3CCOCC3)ccc21. The van der Waals surface area contributed by atoms with Gasteiger partial charge in [-0.2, -0.15) is 4.31 Å². The summed E-state index contributed by atoms with van der Waals surface area (Å²) in [5, 5.41) is 11.9. The lowest BCUT2D eigenvalue weighted by molar-refractivity contribution is 0.0455. The summed E-state index contributed by atoms with van der Waals surface area (Å²) in [6.45, 7) is 3.72. The zero-order chi connectivity index (χ0) is 24.6. The Morgan fingerprint density at radius 2 is 1.89 bits per heavy atom. The number of aromatic nitrogens is 2. The molecule has 5 rings (SSSR count). The molecule has 1 aromatic heterocycles. The van der Waals surface area contributed by atoms with Gasteiger partial charge in [0.05, 0.1) is 29.1 Å². The molecule has 3 aromatic carbocycles. The van der Waals surface area contributed by atoms with E-state index in [1.165, 1.54) is 10.4 Å². The van der Waals surface area contributed by atoms with Gasteiger partial charge in [-0.1, -0.05) is 30.3 Å². The maximum atomic E-state index is 13.0. The van der Waals surface area contributed by atoms with Gasteiger partial charge in [-0.3, -0.25) is 0 Å². The monoisotopic (exact) mass is 495 g/mol. The van der Waals surface area contributed by atoms with Crippen molar-refractivity contribution in [2.45, 2.75) is 25.0 Å². The molecule has 0 aliphatic carbocycles. The highest BCUT2D eigenvalue weighted by molar-refractivity contribution is 7.89. The summed E-state index contributed by atoms with van der Waals surface area (Å²) in [4.78, 5) is 17.5.